The molecule has 0 spiro atoms. The Hall–Kier alpha value is -0.510. The standard InChI is InChI=1S/C12H20N2S/c1-10(12(2,13)14)8-9-15-11-6-4-3-5-7-11/h3-7,10H,8-9,13-14H2,1-2H3. The largest absolute Gasteiger partial charge is 0.314 e. The van der Waals surface area contributed by atoms with E-state index in [1.165, 1.54) is 4.90 Å². The third-order valence-corrected chi connectivity index (χ3v) is 3.67. The highest BCUT2D eigenvalue weighted by Crippen LogP contribution is 2.21. The van der Waals surface area contributed by atoms with Crippen molar-refractivity contribution < 1.29 is 0 Å². The number of hydrogen-bond acceptors (Lipinski definition) is 3. The fraction of sp³-hybridized carbons (Fsp3) is 0.500. The highest BCUT2D eigenvalue weighted by atomic mass is 32.2. The maximum Gasteiger partial charge on any atom is 0.0634 e. The van der Waals surface area contributed by atoms with Crippen molar-refractivity contribution in [1.82, 2.24) is 0 Å². The van der Waals surface area contributed by atoms with Crippen molar-refractivity contribution in [2.45, 2.75) is 30.8 Å². The van der Waals surface area contributed by atoms with Gasteiger partial charge in [-0.15, -0.1) is 11.8 Å². The number of rotatable bonds is 5. The minimum atomic E-state index is -0.558. The molecule has 0 heterocycles. The summed E-state index contributed by atoms with van der Waals surface area (Å²) in [6.07, 6.45) is 1.04. The molecule has 15 heavy (non-hydrogen) atoms. The molecule has 1 rings (SSSR count). The normalized spacial score (nSPS) is 13.9. The van der Waals surface area contributed by atoms with Crippen LogP contribution in [0.4, 0.5) is 0 Å². The topological polar surface area (TPSA) is 52.0 Å². The van der Waals surface area contributed by atoms with Crippen LogP contribution < -0.4 is 11.5 Å². The van der Waals surface area contributed by atoms with E-state index in [-0.39, 0.29) is 0 Å². The summed E-state index contributed by atoms with van der Waals surface area (Å²) in [6.45, 7) is 3.98. The van der Waals surface area contributed by atoms with Crippen molar-refractivity contribution in [2.75, 3.05) is 5.75 Å². The van der Waals surface area contributed by atoms with Gasteiger partial charge in [-0.1, -0.05) is 25.1 Å². The van der Waals surface area contributed by atoms with Crippen molar-refractivity contribution in [3.63, 3.8) is 0 Å². The second-order valence-corrected chi connectivity index (χ2v) is 5.39. The van der Waals surface area contributed by atoms with E-state index in [9.17, 15) is 0 Å². The lowest BCUT2D eigenvalue weighted by molar-refractivity contribution is 0.321. The van der Waals surface area contributed by atoms with Gasteiger partial charge < -0.3 is 11.5 Å². The molecular weight excluding hydrogens is 204 g/mol. The Balaban J connectivity index is 2.28. The molecule has 0 aliphatic heterocycles. The number of benzene rings is 1. The zero-order valence-electron chi connectivity index (χ0n) is 9.44. The first-order valence-electron chi connectivity index (χ1n) is 5.26. The lowest BCUT2D eigenvalue weighted by Crippen LogP contribution is -2.51. The minimum Gasteiger partial charge on any atom is -0.314 e. The summed E-state index contributed by atoms with van der Waals surface area (Å²) < 4.78 is 0. The molecule has 84 valence electrons. The van der Waals surface area contributed by atoms with E-state index in [1.807, 2.05) is 24.8 Å². The summed E-state index contributed by atoms with van der Waals surface area (Å²) in [5.41, 5.74) is 11.1. The average Bonchev–Trinajstić information content (AvgIpc) is 2.18. The Morgan fingerprint density at radius 3 is 2.40 bits per heavy atom. The summed E-state index contributed by atoms with van der Waals surface area (Å²) in [5.74, 6) is 1.41. The third kappa shape index (κ3) is 4.69. The second-order valence-electron chi connectivity index (χ2n) is 4.22. The van der Waals surface area contributed by atoms with E-state index in [1.54, 1.807) is 0 Å². The van der Waals surface area contributed by atoms with Crippen molar-refractivity contribution in [3.8, 4) is 0 Å². The van der Waals surface area contributed by atoms with Gasteiger partial charge in [-0.25, -0.2) is 0 Å². The fourth-order valence-corrected chi connectivity index (χ4v) is 2.24. The first kappa shape index (κ1) is 12.6. The Kier molecular flexibility index (Phi) is 4.64. The van der Waals surface area contributed by atoms with Crippen LogP contribution in [0.5, 0.6) is 0 Å². The smallest absolute Gasteiger partial charge is 0.0634 e. The molecule has 0 aliphatic carbocycles. The SMILES string of the molecule is CC(CCSc1ccccc1)C(C)(N)N. The van der Waals surface area contributed by atoms with Gasteiger partial charge in [0.1, 0.15) is 0 Å². The molecule has 0 saturated heterocycles. The van der Waals surface area contributed by atoms with E-state index in [0.717, 1.165) is 12.2 Å². The van der Waals surface area contributed by atoms with Crippen LogP contribution in [0.3, 0.4) is 0 Å². The Morgan fingerprint density at radius 2 is 1.87 bits per heavy atom. The van der Waals surface area contributed by atoms with E-state index in [0.29, 0.717) is 5.92 Å². The first-order chi connectivity index (χ1) is 7.00. The van der Waals surface area contributed by atoms with Crippen molar-refractivity contribution >= 4 is 11.8 Å². The van der Waals surface area contributed by atoms with Gasteiger partial charge >= 0.3 is 0 Å². The predicted molar refractivity (Wildman–Crippen MR) is 67.7 cm³/mol. The van der Waals surface area contributed by atoms with Crippen molar-refractivity contribution in [2.24, 2.45) is 17.4 Å². The molecule has 1 unspecified atom stereocenters. The zero-order valence-corrected chi connectivity index (χ0v) is 10.3. The van der Waals surface area contributed by atoms with Gasteiger partial charge in [-0.2, -0.15) is 0 Å². The molecule has 0 radical (unpaired) electrons. The molecule has 3 heteroatoms. The van der Waals surface area contributed by atoms with Crippen LogP contribution >= 0.6 is 11.8 Å². The Bertz CT molecular complexity index is 279. The molecule has 0 aliphatic rings. The highest BCUT2D eigenvalue weighted by Gasteiger charge is 2.20. The number of thioether (sulfide) groups is 1. The molecule has 0 bridgehead atoms. The lowest BCUT2D eigenvalue weighted by atomic mass is 9.96. The molecule has 1 atom stereocenters. The number of hydrogen-bond donors (Lipinski definition) is 2. The summed E-state index contributed by atoms with van der Waals surface area (Å²) in [7, 11) is 0. The van der Waals surface area contributed by atoms with Gasteiger partial charge in [-0.05, 0) is 37.1 Å². The van der Waals surface area contributed by atoms with Crippen LogP contribution in [0.2, 0.25) is 0 Å². The fourth-order valence-electron chi connectivity index (χ4n) is 1.18. The van der Waals surface area contributed by atoms with E-state index in [4.69, 9.17) is 11.5 Å². The average molecular weight is 224 g/mol. The molecule has 1 aromatic rings. The van der Waals surface area contributed by atoms with Gasteiger partial charge in [0.05, 0.1) is 5.66 Å². The maximum absolute atomic E-state index is 5.83. The predicted octanol–water partition coefficient (Wildman–Crippen LogP) is 2.44. The Morgan fingerprint density at radius 1 is 1.27 bits per heavy atom. The van der Waals surface area contributed by atoms with Crippen molar-refractivity contribution in [3.05, 3.63) is 30.3 Å². The van der Waals surface area contributed by atoms with Crippen molar-refractivity contribution in [1.29, 1.82) is 0 Å². The van der Waals surface area contributed by atoms with Gasteiger partial charge in [0, 0.05) is 4.90 Å². The number of nitrogens with two attached hydrogens (primary N) is 2. The van der Waals surface area contributed by atoms with Crippen LogP contribution in [0.1, 0.15) is 20.3 Å². The Labute approximate surface area is 96.4 Å². The van der Waals surface area contributed by atoms with Gasteiger partial charge in [-0.3, -0.25) is 0 Å². The van der Waals surface area contributed by atoms with Crippen LogP contribution in [0, 0.1) is 5.92 Å². The second kappa shape index (κ2) is 5.54. The maximum atomic E-state index is 5.83. The molecule has 1 aromatic carbocycles. The summed E-state index contributed by atoms with van der Waals surface area (Å²) >= 11 is 1.85. The molecule has 4 N–H and O–H groups in total. The molecular formula is C12H20N2S. The van der Waals surface area contributed by atoms with E-state index in [2.05, 4.69) is 31.2 Å². The van der Waals surface area contributed by atoms with Gasteiger partial charge in [0.25, 0.3) is 0 Å². The quantitative estimate of drug-likeness (QED) is 0.596. The zero-order chi connectivity index (χ0) is 11.3. The van der Waals surface area contributed by atoms with Crippen LogP contribution in [-0.2, 0) is 0 Å². The summed E-state index contributed by atoms with van der Waals surface area (Å²) in [5, 5.41) is 0. The highest BCUT2D eigenvalue weighted by molar-refractivity contribution is 7.99. The van der Waals surface area contributed by atoms with Gasteiger partial charge in [0.15, 0.2) is 0 Å². The third-order valence-electron chi connectivity index (χ3n) is 2.62. The van der Waals surface area contributed by atoms with Crippen LogP contribution in [-0.4, -0.2) is 11.4 Å². The first-order valence-corrected chi connectivity index (χ1v) is 6.24. The molecule has 0 aromatic heterocycles. The molecule has 0 amide bonds. The summed E-state index contributed by atoms with van der Waals surface area (Å²) in [4.78, 5) is 1.31. The van der Waals surface area contributed by atoms with Crippen LogP contribution in [0.25, 0.3) is 0 Å². The summed E-state index contributed by atoms with van der Waals surface area (Å²) in [6, 6.07) is 10.4. The van der Waals surface area contributed by atoms with Gasteiger partial charge in [0.2, 0.25) is 0 Å². The van der Waals surface area contributed by atoms with E-state index >= 15 is 0 Å². The monoisotopic (exact) mass is 224 g/mol. The minimum absolute atomic E-state index is 0.341. The lowest BCUT2D eigenvalue weighted by Gasteiger charge is -2.26. The van der Waals surface area contributed by atoms with Crippen LogP contribution in [0.15, 0.2) is 35.2 Å². The van der Waals surface area contributed by atoms with E-state index < -0.39 is 5.66 Å². The molecule has 0 fully saturated rings. The molecule has 2 nitrogen and oxygen atoms in total. The molecule has 0 saturated carbocycles.